The van der Waals surface area contributed by atoms with E-state index in [0.29, 0.717) is 43.3 Å². The minimum atomic E-state index is -0.578. The van der Waals surface area contributed by atoms with Gasteiger partial charge in [-0.05, 0) is 58.9 Å². The number of amides is 1. The molecule has 0 bridgehead atoms. The molecule has 7 nitrogen and oxygen atoms in total. The second-order valence-electron chi connectivity index (χ2n) is 9.28. The van der Waals surface area contributed by atoms with E-state index in [-0.39, 0.29) is 18.4 Å². The lowest BCUT2D eigenvalue weighted by molar-refractivity contribution is -0.156. The van der Waals surface area contributed by atoms with E-state index in [1.165, 1.54) is 0 Å². The lowest BCUT2D eigenvalue weighted by Crippen LogP contribution is -2.51. The van der Waals surface area contributed by atoms with Crippen molar-refractivity contribution in [3.05, 3.63) is 29.8 Å². The number of carbonyl (C=O) groups excluding carboxylic acids is 2. The first kappa shape index (κ1) is 22.2. The summed E-state index contributed by atoms with van der Waals surface area (Å²) < 4.78 is 16.8. The number of piperazine rings is 1. The van der Waals surface area contributed by atoms with Gasteiger partial charge >= 0.3 is 5.97 Å². The second-order valence-corrected chi connectivity index (χ2v) is 9.28. The minimum absolute atomic E-state index is 0.0298. The average Bonchev–Trinajstić information content (AvgIpc) is 2.65. The fourth-order valence-electron chi connectivity index (χ4n) is 3.69. The largest absolute Gasteiger partial charge is 0.497 e. The molecule has 3 rings (SSSR count). The zero-order chi connectivity index (χ0) is 22.1. The number of hydrogen-bond acceptors (Lipinski definition) is 6. The van der Waals surface area contributed by atoms with Gasteiger partial charge in [0.1, 0.15) is 22.7 Å². The van der Waals surface area contributed by atoms with Gasteiger partial charge in [-0.1, -0.05) is 0 Å². The van der Waals surface area contributed by atoms with Gasteiger partial charge in [-0.2, -0.15) is 0 Å². The van der Waals surface area contributed by atoms with E-state index >= 15 is 0 Å². The molecule has 0 radical (unpaired) electrons. The molecule has 0 N–H and O–H groups in total. The SMILES string of the molecule is COc1ccc2c(c1)C(C(=O)N1CCN(CC(=O)OC(C)(C)C)CC1)=CC(C)(C)O2. The number of carbonyl (C=O) groups is 2. The third-order valence-electron chi connectivity index (χ3n) is 5.00. The predicted octanol–water partition coefficient (Wildman–Crippen LogP) is 2.74. The standard InChI is InChI=1S/C23H32N2O5/c1-22(2,3)30-20(26)15-24-9-11-25(12-10-24)21(27)18-14-23(4,5)29-19-8-7-16(28-6)13-17(18)19/h7-8,13-14H,9-12,15H2,1-6H3. The summed E-state index contributed by atoms with van der Waals surface area (Å²) in [6.45, 7) is 12.1. The van der Waals surface area contributed by atoms with E-state index in [2.05, 4.69) is 0 Å². The Hall–Kier alpha value is -2.54. The Balaban J connectivity index is 1.69. The highest BCUT2D eigenvalue weighted by molar-refractivity contribution is 6.20. The zero-order valence-electron chi connectivity index (χ0n) is 18.8. The van der Waals surface area contributed by atoms with Crippen molar-refractivity contribution in [2.24, 2.45) is 0 Å². The van der Waals surface area contributed by atoms with Gasteiger partial charge in [-0.3, -0.25) is 14.5 Å². The number of rotatable bonds is 4. The molecule has 0 aliphatic carbocycles. The summed E-state index contributed by atoms with van der Waals surface area (Å²) in [5.74, 6) is 1.09. The Bertz CT molecular complexity index is 846. The zero-order valence-corrected chi connectivity index (χ0v) is 18.8. The summed E-state index contributed by atoms with van der Waals surface area (Å²) in [5.41, 5.74) is 0.298. The monoisotopic (exact) mass is 416 g/mol. The first-order chi connectivity index (χ1) is 14.0. The van der Waals surface area contributed by atoms with Crippen molar-refractivity contribution >= 4 is 17.4 Å². The van der Waals surface area contributed by atoms with Crippen molar-refractivity contribution in [2.75, 3.05) is 39.8 Å². The van der Waals surface area contributed by atoms with Gasteiger partial charge in [0.2, 0.25) is 0 Å². The molecule has 164 valence electrons. The molecular formula is C23H32N2O5. The van der Waals surface area contributed by atoms with Gasteiger partial charge in [0, 0.05) is 31.7 Å². The van der Waals surface area contributed by atoms with E-state index in [0.717, 1.165) is 5.56 Å². The molecule has 2 aliphatic heterocycles. The Morgan fingerprint density at radius 1 is 1.13 bits per heavy atom. The summed E-state index contributed by atoms with van der Waals surface area (Å²) >= 11 is 0. The number of esters is 1. The lowest BCUT2D eigenvalue weighted by atomic mass is 9.93. The molecule has 7 heteroatoms. The van der Waals surface area contributed by atoms with Crippen LogP contribution < -0.4 is 9.47 Å². The van der Waals surface area contributed by atoms with Crippen LogP contribution in [0.25, 0.3) is 5.57 Å². The van der Waals surface area contributed by atoms with E-state index in [9.17, 15) is 9.59 Å². The Morgan fingerprint density at radius 2 is 1.80 bits per heavy atom. The highest BCUT2D eigenvalue weighted by atomic mass is 16.6. The van der Waals surface area contributed by atoms with Crippen molar-refractivity contribution in [3.8, 4) is 11.5 Å². The Kier molecular flexibility index (Phi) is 6.13. The molecule has 2 heterocycles. The van der Waals surface area contributed by atoms with Crippen LogP contribution in [0.1, 0.15) is 40.2 Å². The van der Waals surface area contributed by atoms with E-state index < -0.39 is 11.2 Å². The van der Waals surface area contributed by atoms with Crippen LogP contribution in [0.4, 0.5) is 0 Å². The molecule has 0 unspecified atom stereocenters. The normalized spacial score (nSPS) is 18.7. The van der Waals surface area contributed by atoms with Crippen LogP contribution in [0.3, 0.4) is 0 Å². The molecule has 1 amide bonds. The van der Waals surface area contributed by atoms with Gasteiger partial charge in [-0.25, -0.2) is 0 Å². The van der Waals surface area contributed by atoms with E-state index in [4.69, 9.17) is 14.2 Å². The van der Waals surface area contributed by atoms with Gasteiger partial charge in [0.15, 0.2) is 0 Å². The molecule has 1 aromatic carbocycles. The van der Waals surface area contributed by atoms with Crippen LogP contribution in [0.15, 0.2) is 24.3 Å². The highest BCUT2D eigenvalue weighted by Crippen LogP contribution is 2.39. The predicted molar refractivity (Wildman–Crippen MR) is 115 cm³/mol. The smallest absolute Gasteiger partial charge is 0.320 e. The number of hydrogen-bond donors (Lipinski definition) is 0. The molecule has 0 saturated carbocycles. The summed E-state index contributed by atoms with van der Waals surface area (Å²) in [4.78, 5) is 29.3. The fourth-order valence-corrected chi connectivity index (χ4v) is 3.69. The molecule has 1 aromatic rings. The molecule has 0 atom stereocenters. The molecule has 1 fully saturated rings. The van der Waals surface area contributed by atoms with Crippen molar-refractivity contribution in [1.29, 1.82) is 0 Å². The third-order valence-corrected chi connectivity index (χ3v) is 5.00. The van der Waals surface area contributed by atoms with Crippen molar-refractivity contribution in [1.82, 2.24) is 9.80 Å². The summed E-state index contributed by atoms with van der Waals surface area (Å²) in [7, 11) is 1.60. The minimum Gasteiger partial charge on any atom is -0.497 e. The molecule has 30 heavy (non-hydrogen) atoms. The lowest BCUT2D eigenvalue weighted by Gasteiger charge is -2.37. The molecule has 1 saturated heterocycles. The highest BCUT2D eigenvalue weighted by Gasteiger charge is 2.33. The maximum atomic E-state index is 13.4. The first-order valence-electron chi connectivity index (χ1n) is 10.3. The second kappa shape index (κ2) is 8.30. The van der Waals surface area contributed by atoms with Gasteiger partial charge < -0.3 is 19.1 Å². The van der Waals surface area contributed by atoms with Crippen molar-refractivity contribution in [2.45, 2.75) is 45.8 Å². The van der Waals surface area contributed by atoms with Crippen molar-refractivity contribution in [3.63, 3.8) is 0 Å². The van der Waals surface area contributed by atoms with Crippen molar-refractivity contribution < 1.29 is 23.8 Å². The van der Waals surface area contributed by atoms with E-state index in [1.54, 1.807) is 7.11 Å². The Labute approximate surface area is 178 Å². The maximum Gasteiger partial charge on any atom is 0.320 e. The van der Waals surface area contributed by atoms with Crippen LogP contribution in [0.5, 0.6) is 11.5 Å². The van der Waals surface area contributed by atoms with Crippen LogP contribution >= 0.6 is 0 Å². The van der Waals surface area contributed by atoms with Crippen LogP contribution in [-0.4, -0.2) is 72.7 Å². The van der Waals surface area contributed by atoms with Crippen LogP contribution in [-0.2, 0) is 14.3 Å². The van der Waals surface area contributed by atoms with Gasteiger partial charge in [0.25, 0.3) is 5.91 Å². The van der Waals surface area contributed by atoms with Gasteiger partial charge in [0.05, 0.1) is 19.2 Å². The average molecular weight is 417 g/mol. The number of fused-ring (bicyclic) bond motifs is 1. The quantitative estimate of drug-likeness (QED) is 0.703. The number of nitrogens with zero attached hydrogens (tertiary/aromatic N) is 2. The molecule has 2 aliphatic rings. The molecule has 0 aromatic heterocycles. The summed E-state index contributed by atoms with van der Waals surface area (Å²) in [6, 6.07) is 5.51. The number of benzene rings is 1. The first-order valence-corrected chi connectivity index (χ1v) is 10.3. The maximum absolute atomic E-state index is 13.4. The van der Waals surface area contributed by atoms with E-state index in [1.807, 2.05) is 68.7 Å². The fraction of sp³-hybridized carbons (Fsp3) is 0.565. The molecule has 0 spiro atoms. The van der Waals surface area contributed by atoms with Gasteiger partial charge in [-0.15, -0.1) is 0 Å². The third kappa shape index (κ3) is 5.33. The number of ether oxygens (including phenoxy) is 3. The van der Waals surface area contributed by atoms with Crippen LogP contribution in [0.2, 0.25) is 0 Å². The number of methoxy groups -OCH3 is 1. The van der Waals surface area contributed by atoms with Crippen LogP contribution in [0, 0.1) is 0 Å². The summed E-state index contributed by atoms with van der Waals surface area (Å²) in [6.07, 6.45) is 1.88. The molecular weight excluding hydrogens is 384 g/mol. The Morgan fingerprint density at radius 3 is 2.40 bits per heavy atom. The summed E-state index contributed by atoms with van der Waals surface area (Å²) in [5, 5.41) is 0. The topological polar surface area (TPSA) is 68.3 Å².